The molecule has 0 amide bonds. The molecule has 0 radical (unpaired) electrons. The molecule has 0 saturated heterocycles. The van der Waals surface area contributed by atoms with Gasteiger partial charge in [-0.2, -0.15) is 9.78 Å². The van der Waals surface area contributed by atoms with E-state index in [0.29, 0.717) is 4.68 Å². The van der Waals surface area contributed by atoms with E-state index in [2.05, 4.69) is 5.10 Å². The predicted octanol–water partition coefficient (Wildman–Crippen LogP) is 1.21. The van der Waals surface area contributed by atoms with Crippen LogP contribution >= 0.6 is 0 Å². The van der Waals surface area contributed by atoms with Crippen molar-refractivity contribution in [3.8, 4) is 5.69 Å². The van der Waals surface area contributed by atoms with Crippen molar-refractivity contribution < 1.29 is 18.7 Å². The van der Waals surface area contributed by atoms with Crippen LogP contribution in [0.15, 0.2) is 35.3 Å². The summed E-state index contributed by atoms with van der Waals surface area (Å²) >= 11 is 0. The standard InChI is InChI=1S/C11H6F2N2O3/c12-7-2-1-3-8(13)9(7)15-10(16)6(11(17)18)4-5-14-15/h1-5H,(H,17,18). The van der Waals surface area contributed by atoms with Gasteiger partial charge in [0.2, 0.25) is 0 Å². The summed E-state index contributed by atoms with van der Waals surface area (Å²) in [6.07, 6.45) is 0.983. The van der Waals surface area contributed by atoms with E-state index in [0.717, 1.165) is 30.5 Å². The van der Waals surface area contributed by atoms with Gasteiger partial charge in [0.05, 0.1) is 0 Å². The highest BCUT2D eigenvalue weighted by atomic mass is 19.1. The van der Waals surface area contributed by atoms with Crippen LogP contribution in [0.3, 0.4) is 0 Å². The number of aromatic nitrogens is 2. The quantitative estimate of drug-likeness (QED) is 0.871. The molecule has 0 unspecified atom stereocenters. The second-order valence-corrected chi connectivity index (χ2v) is 3.34. The molecule has 0 aliphatic rings. The number of rotatable bonds is 2. The average molecular weight is 252 g/mol. The van der Waals surface area contributed by atoms with Crippen LogP contribution < -0.4 is 5.56 Å². The minimum Gasteiger partial charge on any atom is -0.477 e. The molecule has 1 heterocycles. The molecule has 0 aliphatic heterocycles. The van der Waals surface area contributed by atoms with Crippen molar-refractivity contribution in [2.45, 2.75) is 0 Å². The fourth-order valence-corrected chi connectivity index (χ4v) is 1.43. The Bertz CT molecular complexity index is 662. The Balaban J connectivity index is 2.77. The zero-order valence-electron chi connectivity index (χ0n) is 8.80. The lowest BCUT2D eigenvalue weighted by molar-refractivity contribution is 0.0694. The van der Waals surface area contributed by atoms with E-state index in [1.807, 2.05) is 0 Å². The largest absolute Gasteiger partial charge is 0.477 e. The smallest absolute Gasteiger partial charge is 0.341 e. The van der Waals surface area contributed by atoms with Gasteiger partial charge in [-0.15, -0.1) is 0 Å². The number of halogens is 2. The molecule has 0 fully saturated rings. The van der Waals surface area contributed by atoms with Gasteiger partial charge in [-0.05, 0) is 18.2 Å². The number of hydrogen-bond donors (Lipinski definition) is 1. The molecular weight excluding hydrogens is 246 g/mol. The number of carboxylic acid groups (broad SMARTS) is 1. The molecule has 5 nitrogen and oxygen atoms in total. The molecular formula is C11H6F2N2O3. The van der Waals surface area contributed by atoms with E-state index in [4.69, 9.17) is 5.11 Å². The first-order valence-electron chi connectivity index (χ1n) is 4.78. The van der Waals surface area contributed by atoms with Crippen LogP contribution in [0.2, 0.25) is 0 Å². The van der Waals surface area contributed by atoms with Crippen LogP contribution in [-0.2, 0) is 0 Å². The Hall–Kier alpha value is -2.57. The minimum atomic E-state index is -1.49. The molecule has 0 bridgehead atoms. The number of para-hydroxylation sites is 1. The van der Waals surface area contributed by atoms with Crippen molar-refractivity contribution in [2.75, 3.05) is 0 Å². The van der Waals surface area contributed by atoms with Gasteiger partial charge >= 0.3 is 5.97 Å². The molecule has 1 N–H and O–H groups in total. The molecule has 1 aromatic carbocycles. The summed E-state index contributed by atoms with van der Waals surface area (Å²) in [6, 6.07) is 3.97. The fourth-order valence-electron chi connectivity index (χ4n) is 1.43. The monoisotopic (exact) mass is 252 g/mol. The van der Waals surface area contributed by atoms with Gasteiger partial charge in [0.15, 0.2) is 11.6 Å². The molecule has 92 valence electrons. The summed E-state index contributed by atoms with van der Waals surface area (Å²) in [5, 5.41) is 12.2. The second-order valence-electron chi connectivity index (χ2n) is 3.34. The van der Waals surface area contributed by atoms with Crippen LogP contribution in [-0.4, -0.2) is 20.9 Å². The topological polar surface area (TPSA) is 72.2 Å². The maximum Gasteiger partial charge on any atom is 0.341 e. The Morgan fingerprint density at radius 2 is 1.83 bits per heavy atom. The van der Waals surface area contributed by atoms with Gasteiger partial charge in [0, 0.05) is 6.20 Å². The summed E-state index contributed by atoms with van der Waals surface area (Å²) in [4.78, 5) is 22.4. The van der Waals surface area contributed by atoms with E-state index < -0.39 is 34.4 Å². The number of hydrogen-bond acceptors (Lipinski definition) is 3. The molecule has 0 spiro atoms. The van der Waals surface area contributed by atoms with Crippen LogP contribution in [0.1, 0.15) is 10.4 Å². The first-order valence-corrected chi connectivity index (χ1v) is 4.78. The lowest BCUT2D eigenvalue weighted by Crippen LogP contribution is -2.28. The zero-order valence-corrected chi connectivity index (χ0v) is 8.80. The normalized spacial score (nSPS) is 10.3. The van der Waals surface area contributed by atoms with E-state index in [1.54, 1.807) is 0 Å². The van der Waals surface area contributed by atoms with Crippen molar-refractivity contribution in [3.05, 3.63) is 58.0 Å². The predicted molar refractivity (Wildman–Crippen MR) is 56.7 cm³/mol. The maximum atomic E-state index is 13.5. The van der Waals surface area contributed by atoms with Crippen molar-refractivity contribution in [1.29, 1.82) is 0 Å². The van der Waals surface area contributed by atoms with Crippen molar-refractivity contribution in [2.24, 2.45) is 0 Å². The van der Waals surface area contributed by atoms with Gasteiger partial charge in [0.25, 0.3) is 5.56 Å². The lowest BCUT2D eigenvalue weighted by atomic mass is 10.2. The summed E-state index contributed by atoms with van der Waals surface area (Å²) in [6.45, 7) is 0. The lowest BCUT2D eigenvalue weighted by Gasteiger charge is -2.06. The van der Waals surface area contributed by atoms with Gasteiger partial charge in [-0.25, -0.2) is 13.6 Å². The third-order valence-corrected chi connectivity index (χ3v) is 2.23. The molecule has 2 rings (SSSR count). The van der Waals surface area contributed by atoms with Crippen molar-refractivity contribution in [3.63, 3.8) is 0 Å². The van der Waals surface area contributed by atoms with Crippen LogP contribution in [0.25, 0.3) is 5.69 Å². The number of benzene rings is 1. The molecule has 18 heavy (non-hydrogen) atoms. The van der Waals surface area contributed by atoms with Crippen molar-refractivity contribution >= 4 is 5.97 Å². The summed E-state index contributed by atoms with van der Waals surface area (Å²) in [5.41, 5.74) is -2.42. The average Bonchev–Trinajstić information content (AvgIpc) is 2.30. The number of carbonyl (C=O) groups is 1. The summed E-state index contributed by atoms with van der Waals surface area (Å²) < 4.78 is 27.3. The number of aromatic carboxylic acids is 1. The van der Waals surface area contributed by atoms with Gasteiger partial charge in [-0.3, -0.25) is 4.79 Å². The number of carboxylic acids is 1. The molecule has 7 heteroatoms. The molecule has 2 aromatic rings. The van der Waals surface area contributed by atoms with Gasteiger partial charge < -0.3 is 5.11 Å². The summed E-state index contributed by atoms with van der Waals surface area (Å²) in [5.74, 6) is -3.51. The van der Waals surface area contributed by atoms with Crippen LogP contribution in [0.5, 0.6) is 0 Å². The number of nitrogens with zero attached hydrogens (tertiary/aromatic N) is 2. The van der Waals surface area contributed by atoms with E-state index in [9.17, 15) is 18.4 Å². The Labute approximate surface area is 98.9 Å². The maximum absolute atomic E-state index is 13.5. The van der Waals surface area contributed by atoms with Crippen molar-refractivity contribution in [1.82, 2.24) is 9.78 Å². The van der Waals surface area contributed by atoms with Gasteiger partial charge in [-0.1, -0.05) is 6.07 Å². The zero-order chi connectivity index (χ0) is 13.3. The highest BCUT2D eigenvalue weighted by Crippen LogP contribution is 2.14. The first kappa shape index (κ1) is 11.9. The molecule has 0 aliphatic carbocycles. The third-order valence-electron chi connectivity index (χ3n) is 2.23. The molecule has 0 atom stereocenters. The highest BCUT2D eigenvalue weighted by molar-refractivity contribution is 5.86. The SMILES string of the molecule is O=C(O)c1ccnn(-c2c(F)cccc2F)c1=O. The summed E-state index contributed by atoms with van der Waals surface area (Å²) in [7, 11) is 0. The van der Waals surface area contributed by atoms with E-state index in [-0.39, 0.29) is 0 Å². The van der Waals surface area contributed by atoms with Gasteiger partial charge in [0.1, 0.15) is 11.3 Å². The highest BCUT2D eigenvalue weighted by Gasteiger charge is 2.17. The van der Waals surface area contributed by atoms with Crippen LogP contribution in [0.4, 0.5) is 8.78 Å². The fraction of sp³-hybridized carbons (Fsp3) is 0. The van der Waals surface area contributed by atoms with E-state index >= 15 is 0 Å². The first-order chi connectivity index (χ1) is 8.52. The molecule has 1 aromatic heterocycles. The Morgan fingerprint density at radius 1 is 1.22 bits per heavy atom. The third kappa shape index (κ3) is 1.86. The Morgan fingerprint density at radius 3 is 2.39 bits per heavy atom. The Kier molecular flexibility index (Phi) is 2.88. The van der Waals surface area contributed by atoms with E-state index in [1.165, 1.54) is 0 Å². The molecule has 0 saturated carbocycles. The minimum absolute atomic E-state index is 0.383. The second kappa shape index (κ2) is 4.36. The van der Waals surface area contributed by atoms with Crippen LogP contribution in [0, 0.1) is 11.6 Å².